The zero-order valence-corrected chi connectivity index (χ0v) is 13.6. The van der Waals surface area contributed by atoms with Gasteiger partial charge in [0.15, 0.2) is 17.4 Å². The molecule has 1 aromatic rings. The number of halogens is 3. The molecule has 1 rings (SSSR count). The fourth-order valence-corrected chi connectivity index (χ4v) is 1.92. The maximum atomic E-state index is 13.4. The van der Waals surface area contributed by atoms with Crippen molar-refractivity contribution in [1.82, 2.24) is 5.32 Å². The molecule has 7 heteroatoms. The molecule has 1 atom stereocenters. The number of rotatable bonds is 9. The molecule has 0 unspecified atom stereocenters. The first-order valence-electron chi connectivity index (χ1n) is 6.66. The van der Waals surface area contributed by atoms with Gasteiger partial charge in [0.1, 0.15) is 6.61 Å². The zero-order valence-electron chi connectivity index (χ0n) is 12.0. The van der Waals surface area contributed by atoms with Crippen molar-refractivity contribution in [2.45, 2.75) is 26.0 Å². The minimum atomic E-state index is -0.775. The highest BCUT2D eigenvalue weighted by atomic mass is 79.9. The molecule has 21 heavy (non-hydrogen) atoms. The second-order valence-corrected chi connectivity index (χ2v) is 5.75. The van der Waals surface area contributed by atoms with E-state index in [0.717, 1.165) is 12.1 Å². The Morgan fingerprint density at radius 2 is 1.86 bits per heavy atom. The monoisotopic (exact) mass is 367 g/mol. The summed E-state index contributed by atoms with van der Waals surface area (Å²) < 4.78 is 37.4. The molecule has 0 saturated carbocycles. The van der Waals surface area contributed by atoms with Crippen LogP contribution in [0.2, 0.25) is 0 Å². The van der Waals surface area contributed by atoms with E-state index in [2.05, 4.69) is 21.2 Å². The molecule has 0 aliphatic heterocycles. The normalized spacial score (nSPS) is 12.7. The first-order chi connectivity index (χ1) is 9.90. The van der Waals surface area contributed by atoms with Gasteiger partial charge in [-0.25, -0.2) is 8.78 Å². The molecule has 120 valence electrons. The minimum absolute atomic E-state index is 0.000197. The summed E-state index contributed by atoms with van der Waals surface area (Å²) in [6, 6.07) is 2.53. The Balaban J connectivity index is 2.23. The lowest BCUT2D eigenvalue weighted by atomic mass is 10.3. The van der Waals surface area contributed by atoms with Crippen molar-refractivity contribution in [1.29, 1.82) is 0 Å². The topological polar surface area (TPSA) is 50.7 Å². The summed E-state index contributed by atoms with van der Waals surface area (Å²) in [6.07, 6.45) is -0.631. The van der Waals surface area contributed by atoms with Gasteiger partial charge >= 0.3 is 0 Å². The van der Waals surface area contributed by atoms with E-state index in [1.807, 2.05) is 13.8 Å². The summed E-state index contributed by atoms with van der Waals surface area (Å²) in [5.74, 6) is -1.98. The Bertz CT molecular complexity index is 423. The lowest BCUT2D eigenvalue weighted by Crippen LogP contribution is -2.34. The Hall–Kier alpha value is -0.760. The Labute approximate surface area is 131 Å². The first kappa shape index (κ1) is 18.3. The van der Waals surface area contributed by atoms with Gasteiger partial charge in [0.05, 0.1) is 19.3 Å². The van der Waals surface area contributed by atoms with Crippen LogP contribution in [0.25, 0.3) is 0 Å². The first-order valence-corrected chi connectivity index (χ1v) is 7.46. The molecule has 0 fully saturated rings. The van der Waals surface area contributed by atoms with Gasteiger partial charge in [0, 0.05) is 17.1 Å². The Morgan fingerprint density at radius 1 is 1.24 bits per heavy atom. The predicted molar refractivity (Wildman–Crippen MR) is 79.5 cm³/mol. The quantitative estimate of drug-likeness (QED) is 0.658. The van der Waals surface area contributed by atoms with Gasteiger partial charge in [0.2, 0.25) is 0 Å². The van der Waals surface area contributed by atoms with Gasteiger partial charge < -0.3 is 19.9 Å². The molecular weight excluding hydrogens is 348 g/mol. The standard InChI is InChI=1S/C14H20BrF2NO3/c1-9(2)18-7-11(19)8-20-3-4-21-14-12(16)5-10(15)6-13(14)17/h5-6,9,11,18-19H,3-4,7-8H2,1-2H3/t11-/m1/s1. The fourth-order valence-electron chi connectivity index (χ4n) is 1.52. The summed E-state index contributed by atoms with van der Waals surface area (Å²) >= 11 is 2.99. The van der Waals surface area contributed by atoms with Crippen molar-refractivity contribution in [2.24, 2.45) is 0 Å². The van der Waals surface area contributed by atoms with Crippen molar-refractivity contribution in [3.63, 3.8) is 0 Å². The van der Waals surface area contributed by atoms with E-state index in [9.17, 15) is 13.9 Å². The molecule has 0 heterocycles. The summed E-state index contributed by atoms with van der Waals surface area (Å²) in [6.45, 7) is 4.64. The van der Waals surface area contributed by atoms with Crippen LogP contribution in [0, 0.1) is 11.6 Å². The maximum Gasteiger partial charge on any atom is 0.190 e. The van der Waals surface area contributed by atoms with E-state index in [4.69, 9.17) is 9.47 Å². The molecular formula is C14H20BrF2NO3. The summed E-state index contributed by atoms with van der Waals surface area (Å²) in [5, 5.41) is 12.6. The second-order valence-electron chi connectivity index (χ2n) is 4.84. The van der Waals surface area contributed by atoms with Crippen molar-refractivity contribution >= 4 is 15.9 Å². The van der Waals surface area contributed by atoms with Gasteiger partial charge in [-0.05, 0) is 12.1 Å². The number of aliphatic hydroxyl groups excluding tert-OH is 1. The summed E-state index contributed by atoms with van der Waals surface area (Å²) in [5.41, 5.74) is 0. The van der Waals surface area contributed by atoms with E-state index in [1.165, 1.54) is 0 Å². The third-order valence-electron chi connectivity index (χ3n) is 2.51. The third kappa shape index (κ3) is 7.17. The molecule has 0 aliphatic carbocycles. The average Bonchev–Trinajstić information content (AvgIpc) is 2.38. The van der Waals surface area contributed by atoms with Crippen LogP contribution in [0.15, 0.2) is 16.6 Å². The largest absolute Gasteiger partial charge is 0.485 e. The summed E-state index contributed by atoms with van der Waals surface area (Å²) in [7, 11) is 0. The van der Waals surface area contributed by atoms with E-state index in [0.29, 0.717) is 11.0 Å². The lowest BCUT2D eigenvalue weighted by Gasteiger charge is -2.14. The van der Waals surface area contributed by atoms with Crippen molar-refractivity contribution in [3.05, 3.63) is 28.2 Å². The maximum absolute atomic E-state index is 13.4. The van der Waals surface area contributed by atoms with E-state index >= 15 is 0 Å². The smallest absolute Gasteiger partial charge is 0.190 e. The van der Waals surface area contributed by atoms with Crippen LogP contribution in [0.3, 0.4) is 0 Å². The van der Waals surface area contributed by atoms with Crippen molar-refractivity contribution in [3.8, 4) is 5.75 Å². The zero-order chi connectivity index (χ0) is 15.8. The summed E-state index contributed by atoms with van der Waals surface area (Å²) in [4.78, 5) is 0. The molecule has 1 aromatic carbocycles. The van der Waals surface area contributed by atoms with Crippen LogP contribution < -0.4 is 10.1 Å². The number of hydrogen-bond donors (Lipinski definition) is 2. The van der Waals surface area contributed by atoms with E-state index in [1.54, 1.807) is 0 Å². The van der Waals surface area contributed by atoms with Crippen LogP contribution in [-0.4, -0.2) is 43.6 Å². The van der Waals surface area contributed by atoms with Crippen LogP contribution in [0.4, 0.5) is 8.78 Å². The highest BCUT2D eigenvalue weighted by molar-refractivity contribution is 9.10. The molecule has 2 N–H and O–H groups in total. The number of hydrogen-bond acceptors (Lipinski definition) is 4. The molecule has 0 aromatic heterocycles. The van der Waals surface area contributed by atoms with Crippen LogP contribution >= 0.6 is 15.9 Å². The predicted octanol–water partition coefficient (Wildman–Crippen LogP) is 2.48. The lowest BCUT2D eigenvalue weighted by molar-refractivity contribution is 0.0235. The number of nitrogens with one attached hydrogen (secondary N) is 1. The van der Waals surface area contributed by atoms with Crippen LogP contribution in [0.1, 0.15) is 13.8 Å². The molecule has 0 aliphatic rings. The minimum Gasteiger partial charge on any atom is -0.485 e. The molecule has 0 saturated heterocycles. The Morgan fingerprint density at radius 3 is 2.43 bits per heavy atom. The fraction of sp³-hybridized carbons (Fsp3) is 0.571. The molecule has 0 spiro atoms. The highest BCUT2D eigenvalue weighted by Crippen LogP contribution is 2.25. The SMILES string of the molecule is CC(C)NC[C@@H](O)COCCOc1c(F)cc(Br)cc1F. The highest BCUT2D eigenvalue weighted by Gasteiger charge is 2.12. The van der Waals surface area contributed by atoms with E-state index in [-0.39, 0.29) is 25.9 Å². The molecule has 0 radical (unpaired) electrons. The second kappa shape index (κ2) is 9.30. The average molecular weight is 368 g/mol. The molecule has 4 nitrogen and oxygen atoms in total. The molecule has 0 bridgehead atoms. The van der Waals surface area contributed by atoms with Gasteiger partial charge in [-0.15, -0.1) is 0 Å². The van der Waals surface area contributed by atoms with Crippen molar-refractivity contribution < 1.29 is 23.4 Å². The van der Waals surface area contributed by atoms with Crippen LogP contribution in [0.5, 0.6) is 5.75 Å². The number of benzene rings is 1. The third-order valence-corrected chi connectivity index (χ3v) is 2.97. The number of ether oxygens (including phenoxy) is 2. The van der Waals surface area contributed by atoms with E-state index < -0.39 is 23.5 Å². The molecule has 0 amide bonds. The number of aliphatic hydroxyl groups is 1. The van der Waals surface area contributed by atoms with Gasteiger partial charge in [-0.1, -0.05) is 29.8 Å². The van der Waals surface area contributed by atoms with Gasteiger partial charge in [-0.3, -0.25) is 0 Å². The van der Waals surface area contributed by atoms with Gasteiger partial charge in [-0.2, -0.15) is 0 Å². The van der Waals surface area contributed by atoms with Crippen LogP contribution in [-0.2, 0) is 4.74 Å². The van der Waals surface area contributed by atoms with Crippen molar-refractivity contribution in [2.75, 3.05) is 26.4 Å². The Kier molecular flexibility index (Phi) is 8.10. The van der Waals surface area contributed by atoms with Gasteiger partial charge in [0.25, 0.3) is 0 Å².